The minimum Gasteiger partial charge on any atom is -0.464 e. The number of rotatable bonds is 5. The van der Waals surface area contributed by atoms with E-state index in [0.717, 1.165) is 11.1 Å². The molecule has 2 aromatic rings. The van der Waals surface area contributed by atoms with Crippen LogP contribution in [0.15, 0.2) is 34.9 Å². The molecule has 104 valence electrons. The number of esters is 1. The number of aryl methyl sites for hydroxylation is 1. The van der Waals surface area contributed by atoms with E-state index in [1.54, 1.807) is 6.92 Å². The van der Waals surface area contributed by atoms with Crippen molar-refractivity contribution in [3.63, 3.8) is 0 Å². The molecule has 5 heteroatoms. The Labute approximate surface area is 116 Å². The molecule has 0 aliphatic carbocycles. The van der Waals surface area contributed by atoms with Crippen LogP contribution in [0.25, 0.3) is 11.3 Å². The topological polar surface area (TPSA) is 69.4 Å². The number of nitrogens with zero attached hydrogens (tertiary/aromatic N) is 1. The summed E-state index contributed by atoms with van der Waals surface area (Å²) in [5.41, 5.74) is 1.99. The molecule has 0 atom stereocenters. The Morgan fingerprint density at radius 3 is 2.80 bits per heavy atom. The van der Waals surface area contributed by atoms with E-state index in [1.807, 2.05) is 24.3 Å². The van der Waals surface area contributed by atoms with E-state index >= 15 is 0 Å². The number of benzene rings is 1. The summed E-state index contributed by atoms with van der Waals surface area (Å²) in [4.78, 5) is 22.3. The zero-order valence-electron chi connectivity index (χ0n) is 11.4. The third kappa shape index (κ3) is 3.32. The van der Waals surface area contributed by atoms with E-state index in [9.17, 15) is 9.59 Å². The van der Waals surface area contributed by atoms with Crippen LogP contribution in [0, 0.1) is 0 Å². The van der Waals surface area contributed by atoms with Gasteiger partial charge in [-0.1, -0.05) is 23.4 Å². The van der Waals surface area contributed by atoms with Gasteiger partial charge in [-0.15, -0.1) is 0 Å². The second-order valence-electron chi connectivity index (χ2n) is 4.47. The van der Waals surface area contributed by atoms with E-state index in [2.05, 4.69) is 9.89 Å². The SMILES string of the molecule is COC(=O)c1cc(-c2cccc(CCC(C)=O)c2)on1. The zero-order valence-corrected chi connectivity index (χ0v) is 11.4. The summed E-state index contributed by atoms with van der Waals surface area (Å²) in [7, 11) is 1.29. The van der Waals surface area contributed by atoms with Crippen LogP contribution in [0.4, 0.5) is 0 Å². The molecule has 5 nitrogen and oxygen atoms in total. The van der Waals surface area contributed by atoms with Gasteiger partial charge in [-0.25, -0.2) is 4.79 Å². The molecule has 0 fully saturated rings. The second-order valence-corrected chi connectivity index (χ2v) is 4.47. The Hall–Kier alpha value is -2.43. The molecule has 0 saturated heterocycles. The number of carbonyl (C=O) groups excluding carboxylic acids is 2. The molecule has 0 unspecified atom stereocenters. The van der Waals surface area contributed by atoms with Crippen molar-refractivity contribution in [1.29, 1.82) is 0 Å². The van der Waals surface area contributed by atoms with Crippen molar-refractivity contribution >= 4 is 11.8 Å². The molecule has 0 radical (unpaired) electrons. The molecular weight excluding hydrogens is 258 g/mol. The molecule has 1 aromatic carbocycles. The van der Waals surface area contributed by atoms with Gasteiger partial charge in [0.15, 0.2) is 11.5 Å². The van der Waals surface area contributed by atoms with Crippen LogP contribution >= 0.6 is 0 Å². The highest BCUT2D eigenvalue weighted by atomic mass is 16.5. The molecule has 1 heterocycles. The maximum atomic E-state index is 11.3. The summed E-state index contributed by atoms with van der Waals surface area (Å²) in [6.07, 6.45) is 1.19. The smallest absolute Gasteiger partial charge is 0.360 e. The van der Waals surface area contributed by atoms with Crippen molar-refractivity contribution < 1.29 is 18.8 Å². The summed E-state index contributed by atoms with van der Waals surface area (Å²) in [6, 6.07) is 9.15. The second kappa shape index (κ2) is 6.14. The predicted octanol–water partition coefficient (Wildman–Crippen LogP) is 2.65. The summed E-state index contributed by atoms with van der Waals surface area (Å²) in [5, 5.41) is 3.66. The normalized spacial score (nSPS) is 10.3. The zero-order chi connectivity index (χ0) is 14.5. The van der Waals surface area contributed by atoms with Crippen LogP contribution in [-0.2, 0) is 16.0 Å². The van der Waals surface area contributed by atoms with Crippen molar-refractivity contribution in [3.05, 3.63) is 41.6 Å². The minimum atomic E-state index is -0.535. The Kier molecular flexibility index (Phi) is 4.30. The summed E-state index contributed by atoms with van der Waals surface area (Å²) >= 11 is 0. The first-order chi connectivity index (χ1) is 9.60. The fraction of sp³-hybridized carbons (Fsp3) is 0.267. The van der Waals surface area contributed by atoms with E-state index in [4.69, 9.17) is 4.52 Å². The predicted molar refractivity (Wildman–Crippen MR) is 72.3 cm³/mol. The highest BCUT2D eigenvalue weighted by Crippen LogP contribution is 2.22. The molecular formula is C15H15NO4. The summed E-state index contributed by atoms with van der Waals surface area (Å²) in [6.45, 7) is 1.57. The fourth-order valence-corrected chi connectivity index (χ4v) is 1.81. The van der Waals surface area contributed by atoms with Gasteiger partial charge in [0.05, 0.1) is 7.11 Å². The van der Waals surface area contributed by atoms with Crippen molar-refractivity contribution in [2.45, 2.75) is 19.8 Å². The standard InChI is InChI=1S/C15H15NO4/c1-10(17)6-7-11-4-3-5-12(8-11)14-9-13(16-20-14)15(18)19-2/h3-5,8-9H,6-7H2,1-2H3. The summed E-state index contributed by atoms with van der Waals surface area (Å²) < 4.78 is 9.71. The number of ketones is 1. The average molecular weight is 273 g/mol. The molecule has 0 spiro atoms. The number of Topliss-reactive ketones (excluding diaryl/α,β-unsaturated/α-hetero) is 1. The largest absolute Gasteiger partial charge is 0.464 e. The summed E-state index contributed by atoms with van der Waals surface area (Å²) in [5.74, 6) is 0.117. The van der Waals surface area contributed by atoms with E-state index < -0.39 is 5.97 Å². The monoisotopic (exact) mass is 273 g/mol. The van der Waals surface area contributed by atoms with Crippen LogP contribution in [0.2, 0.25) is 0 Å². The van der Waals surface area contributed by atoms with Gasteiger partial charge < -0.3 is 14.1 Å². The Bertz CT molecular complexity index is 630. The third-order valence-corrected chi connectivity index (χ3v) is 2.88. The van der Waals surface area contributed by atoms with Crippen LogP contribution in [0.3, 0.4) is 0 Å². The third-order valence-electron chi connectivity index (χ3n) is 2.88. The molecule has 0 aliphatic rings. The number of methoxy groups -OCH3 is 1. The maximum absolute atomic E-state index is 11.3. The average Bonchev–Trinajstić information content (AvgIpc) is 2.94. The van der Waals surface area contributed by atoms with Gasteiger partial charge >= 0.3 is 5.97 Å². The van der Waals surface area contributed by atoms with E-state index in [-0.39, 0.29) is 11.5 Å². The van der Waals surface area contributed by atoms with Crippen LogP contribution in [-0.4, -0.2) is 24.0 Å². The lowest BCUT2D eigenvalue weighted by Gasteiger charge is -2.01. The minimum absolute atomic E-state index is 0.136. The van der Waals surface area contributed by atoms with Gasteiger partial charge in [0.2, 0.25) is 0 Å². The molecule has 2 rings (SSSR count). The van der Waals surface area contributed by atoms with Gasteiger partial charge in [-0.05, 0) is 25.0 Å². The first-order valence-electron chi connectivity index (χ1n) is 6.24. The highest BCUT2D eigenvalue weighted by Gasteiger charge is 2.13. The van der Waals surface area contributed by atoms with Gasteiger partial charge in [0, 0.05) is 18.1 Å². The van der Waals surface area contributed by atoms with Gasteiger partial charge in [-0.3, -0.25) is 0 Å². The lowest BCUT2D eigenvalue weighted by atomic mass is 10.0. The van der Waals surface area contributed by atoms with E-state index in [1.165, 1.54) is 13.2 Å². The first kappa shape index (κ1) is 14.0. The molecule has 20 heavy (non-hydrogen) atoms. The van der Waals surface area contributed by atoms with Crippen molar-refractivity contribution in [3.8, 4) is 11.3 Å². The highest BCUT2D eigenvalue weighted by molar-refractivity contribution is 5.88. The first-order valence-corrected chi connectivity index (χ1v) is 6.24. The maximum Gasteiger partial charge on any atom is 0.360 e. The fourth-order valence-electron chi connectivity index (χ4n) is 1.81. The molecule has 0 N–H and O–H groups in total. The van der Waals surface area contributed by atoms with Crippen LogP contribution < -0.4 is 0 Å². The quantitative estimate of drug-likeness (QED) is 0.783. The van der Waals surface area contributed by atoms with Crippen LogP contribution in [0.1, 0.15) is 29.4 Å². The lowest BCUT2D eigenvalue weighted by molar-refractivity contribution is -0.116. The molecule has 0 aliphatic heterocycles. The number of carbonyl (C=O) groups is 2. The lowest BCUT2D eigenvalue weighted by Crippen LogP contribution is -2.00. The van der Waals surface area contributed by atoms with Crippen molar-refractivity contribution in [1.82, 2.24) is 5.16 Å². The number of ether oxygens (including phenoxy) is 1. The Morgan fingerprint density at radius 1 is 1.30 bits per heavy atom. The number of hydrogen-bond acceptors (Lipinski definition) is 5. The van der Waals surface area contributed by atoms with Crippen molar-refractivity contribution in [2.24, 2.45) is 0 Å². The molecule has 1 aromatic heterocycles. The van der Waals surface area contributed by atoms with Gasteiger partial charge in [0.1, 0.15) is 5.78 Å². The number of aromatic nitrogens is 1. The number of hydrogen-bond donors (Lipinski definition) is 0. The molecule has 0 saturated carbocycles. The Morgan fingerprint density at radius 2 is 2.10 bits per heavy atom. The molecule has 0 amide bonds. The van der Waals surface area contributed by atoms with E-state index in [0.29, 0.717) is 18.6 Å². The van der Waals surface area contributed by atoms with Crippen LogP contribution in [0.5, 0.6) is 0 Å². The molecule has 0 bridgehead atoms. The van der Waals surface area contributed by atoms with Gasteiger partial charge in [0.25, 0.3) is 0 Å². The van der Waals surface area contributed by atoms with Crippen molar-refractivity contribution in [2.75, 3.05) is 7.11 Å². The van der Waals surface area contributed by atoms with Gasteiger partial charge in [-0.2, -0.15) is 0 Å². The Balaban J connectivity index is 2.20.